The fourth-order valence-electron chi connectivity index (χ4n) is 3.74. The molecule has 1 fully saturated rings. The van der Waals surface area contributed by atoms with E-state index in [4.69, 9.17) is 0 Å². The second-order valence-corrected chi connectivity index (χ2v) is 7.98. The van der Waals surface area contributed by atoms with Gasteiger partial charge in [0, 0.05) is 18.4 Å². The SMILES string of the molecule is CC(c1ccccc1)N1CSC2=C(C#N)C(c3ccc(F)cc3)CC(=O)N2C1. The van der Waals surface area contributed by atoms with Crippen LogP contribution in [-0.2, 0) is 4.79 Å². The Kier molecular flexibility index (Phi) is 5.21. The second-order valence-electron chi connectivity index (χ2n) is 7.05. The molecule has 0 saturated carbocycles. The van der Waals surface area contributed by atoms with Crippen LogP contribution in [0.2, 0.25) is 0 Å². The first-order valence-corrected chi connectivity index (χ1v) is 10.2. The van der Waals surface area contributed by atoms with Crippen LogP contribution in [0.15, 0.2) is 65.2 Å². The van der Waals surface area contributed by atoms with Gasteiger partial charge in [0.2, 0.25) is 5.91 Å². The third-order valence-corrected chi connectivity index (χ3v) is 6.59. The van der Waals surface area contributed by atoms with Crippen LogP contribution in [0.3, 0.4) is 0 Å². The molecule has 6 heteroatoms. The van der Waals surface area contributed by atoms with Gasteiger partial charge < -0.3 is 0 Å². The maximum atomic E-state index is 13.3. The Hall–Kier alpha value is -2.62. The minimum absolute atomic E-state index is 0.000728. The molecular formula is C22H20FN3OS. The van der Waals surface area contributed by atoms with Gasteiger partial charge in [-0.3, -0.25) is 14.6 Å². The summed E-state index contributed by atoms with van der Waals surface area (Å²) in [6, 6.07) is 18.8. The van der Waals surface area contributed by atoms with Crippen molar-refractivity contribution in [3.05, 3.63) is 82.1 Å². The Bertz CT molecular complexity index is 952. The minimum Gasteiger partial charge on any atom is -0.292 e. The summed E-state index contributed by atoms with van der Waals surface area (Å²) in [5.41, 5.74) is 2.60. The van der Waals surface area contributed by atoms with Gasteiger partial charge in [-0.2, -0.15) is 5.26 Å². The molecule has 0 N–H and O–H groups in total. The lowest BCUT2D eigenvalue weighted by Gasteiger charge is -2.43. The van der Waals surface area contributed by atoms with Crippen LogP contribution in [0, 0.1) is 17.1 Å². The van der Waals surface area contributed by atoms with Gasteiger partial charge in [-0.15, -0.1) is 0 Å². The number of nitrogens with zero attached hydrogens (tertiary/aromatic N) is 3. The molecule has 2 aromatic rings. The van der Waals surface area contributed by atoms with Crippen LogP contribution < -0.4 is 0 Å². The number of nitriles is 1. The predicted octanol–water partition coefficient (Wildman–Crippen LogP) is 4.60. The topological polar surface area (TPSA) is 47.3 Å². The molecule has 0 aliphatic carbocycles. The Morgan fingerprint density at radius 1 is 1.18 bits per heavy atom. The largest absolute Gasteiger partial charge is 0.292 e. The molecule has 0 bridgehead atoms. The highest BCUT2D eigenvalue weighted by Crippen LogP contribution is 2.43. The summed E-state index contributed by atoms with van der Waals surface area (Å²) in [6.07, 6.45) is 0.228. The number of rotatable bonds is 3. The third-order valence-electron chi connectivity index (χ3n) is 5.42. The molecule has 1 saturated heterocycles. The van der Waals surface area contributed by atoms with Gasteiger partial charge in [0.05, 0.1) is 29.2 Å². The van der Waals surface area contributed by atoms with E-state index < -0.39 is 0 Å². The summed E-state index contributed by atoms with van der Waals surface area (Å²) >= 11 is 1.53. The molecule has 28 heavy (non-hydrogen) atoms. The average Bonchev–Trinajstić information content (AvgIpc) is 2.74. The number of thioether (sulfide) groups is 1. The molecule has 2 atom stereocenters. The quantitative estimate of drug-likeness (QED) is 0.765. The first kappa shape index (κ1) is 18.7. The van der Waals surface area contributed by atoms with Crippen molar-refractivity contribution in [1.29, 1.82) is 5.26 Å². The molecule has 2 aromatic carbocycles. The number of hydrogen-bond acceptors (Lipinski definition) is 4. The van der Waals surface area contributed by atoms with E-state index >= 15 is 0 Å². The van der Waals surface area contributed by atoms with Crippen LogP contribution in [0.1, 0.15) is 36.4 Å². The van der Waals surface area contributed by atoms with E-state index in [1.807, 2.05) is 18.2 Å². The summed E-state index contributed by atoms with van der Waals surface area (Å²) in [7, 11) is 0. The molecule has 0 radical (unpaired) electrons. The lowest BCUT2D eigenvalue weighted by atomic mass is 9.86. The number of carbonyl (C=O) groups is 1. The molecule has 1 amide bonds. The molecule has 2 unspecified atom stereocenters. The Labute approximate surface area is 168 Å². The van der Waals surface area contributed by atoms with E-state index in [0.717, 1.165) is 10.6 Å². The van der Waals surface area contributed by atoms with Gasteiger partial charge in [-0.05, 0) is 30.2 Å². The lowest BCUT2D eigenvalue weighted by Crippen LogP contribution is -2.47. The highest BCUT2D eigenvalue weighted by atomic mass is 32.2. The monoisotopic (exact) mass is 393 g/mol. The molecule has 2 aliphatic heterocycles. The van der Waals surface area contributed by atoms with Crippen molar-refractivity contribution in [3.63, 3.8) is 0 Å². The highest BCUT2D eigenvalue weighted by Gasteiger charge is 2.39. The highest BCUT2D eigenvalue weighted by molar-refractivity contribution is 8.03. The summed E-state index contributed by atoms with van der Waals surface area (Å²) < 4.78 is 13.3. The van der Waals surface area contributed by atoms with Crippen LogP contribution in [-0.4, -0.2) is 28.3 Å². The molecule has 2 heterocycles. The molecule has 0 aromatic heterocycles. The normalized spacial score (nSPS) is 21.2. The van der Waals surface area contributed by atoms with Gasteiger partial charge in [-0.25, -0.2) is 4.39 Å². The first-order chi connectivity index (χ1) is 13.6. The number of benzene rings is 2. The van der Waals surface area contributed by atoms with Crippen LogP contribution >= 0.6 is 11.8 Å². The maximum Gasteiger partial charge on any atom is 0.229 e. The number of carbonyl (C=O) groups excluding carboxylic acids is 1. The minimum atomic E-state index is -0.323. The third kappa shape index (κ3) is 3.44. The first-order valence-electron chi connectivity index (χ1n) is 9.20. The molecule has 4 nitrogen and oxygen atoms in total. The Morgan fingerprint density at radius 3 is 2.57 bits per heavy atom. The molecule has 4 rings (SSSR count). The Morgan fingerprint density at radius 2 is 1.89 bits per heavy atom. The molecule has 2 aliphatic rings. The fraction of sp³-hybridized carbons (Fsp3) is 0.273. The smallest absolute Gasteiger partial charge is 0.229 e. The fourth-order valence-corrected chi connectivity index (χ4v) is 4.99. The van der Waals surface area contributed by atoms with Crippen molar-refractivity contribution in [3.8, 4) is 6.07 Å². The number of amides is 1. The zero-order chi connectivity index (χ0) is 19.7. The Balaban J connectivity index is 1.62. The van der Waals surface area contributed by atoms with Gasteiger partial charge in [0.1, 0.15) is 5.82 Å². The molecule has 0 spiro atoms. The maximum absolute atomic E-state index is 13.3. The van der Waals surface area contributed by atoms with Gasteiger partial charge >= 0.3 is 0 Å². The van der Waals surface area contributed by atoms with E-state index in [1.54, 1.807) is 17.0 Å². The van der Waals surface area contributed by atoms with Crippen molar-refractivity contribution in [2.75, 3.05) is 12.5 Å². The van der Waals surface area contributed by atoms with Crippen molar-refractivity contribution in [2.45, 2.75) is 25.3 Å². The summed E-state index contributed by atoms with van der Waals surface area (Å²) in [5, 5.41) is 10.5. The van der Waals surface area contributed by atoms with Crippen LogP contribution in [0.4, 0.5) is 4.39 Å². The number of allylic oxidation sites excluding steroid dienone is 1. The van der Waals surface area contributed by atoms with Gasteiger partial charge in [-0.1, -0.05) is 54.2 Å². The van der Waals surface area contributed by atoms with Crippen molar-refractivity contribution in [2.24, 2.45) is 0 Å². The van der Waals surface area contributed by atoms with E-state index in [1.165, 1.54) is 29.5 Å². The van der Waals surface area contributed by atoms with E-state index in [0.29, 0.717) is 18.1 Å². The zero-order valence-corrected chi connectivity index (χ0v) is 16.3. The zero-order valence-electron chi connectivity index (χ0n) is 15.5. The van der Waals surface area contributed by atoms with Crippen molar-refractivity contribution in [1.82, 2.24) is 9.80 Å². The second kappa shape index (κ2) is 7.78. The van der Waals surface area contributed by atoms with E-state index in [-0.39, 0.29) is 30.1 Å². The van der Waals surface area contributed by atoms with E-state index in [2.05, 4.69) is 30.0 Å². The average molecular weight is 393 g/mol. The van der Waals surface area contributed by atoms with Crippen LogP contribution in [0.5, 0.6) is 0 Å². The lowest BCUT2D eigenvalue weighted by molar-refractivity contribution is -0.132. The van der Waals surface area contributed by atoms with Crippen molar-refractivity contribution < 1.29 is 9.18 Å². The predicted molar refractivity (Wildman–Crippen MR) is 107 cm³/mol. The summed E-state index contributed by atoms with van der Waals surface area (Å²) in [5.74, 6) is 0.0724. The van der Waals surface area contributed by atoms with Crippen molar-refractivity contribution >= 4 is 17.7 Å². The van der Waals surface area contributed by atoms with E-state index in [9.17, 15) is 14.4 Å². The number of halogens is 1. The summed E-state index contributed by atoms with van der Waals surface area (Å²) in [4.78, 5) is 16.9. The molecular weight excluding hydrogens is 373 g/mol. The number of fused-ring (bicyclic) bond motifs is 1. The van der Waals surface area contributed by atoms with Crippen LogP contribution in [0.25, 0.3) is 0 Å². The summed E-state index contributed by atoms with van der Waals surface area (Å²) in [6.45, 7) is 2.60. The number of hydrogen-bond donors (Lipinski definition) is 0. The molecule has 142 valence electrons. The van der Waals surface area contributed by atoms with Gasteiger partial charge in [0.15, 0.2) is 0 Å². The standard InChI is InChI=1S/C22H20FN3OS/c1-15(16-5-3-2-4-6-16)25-13-26-21(27)11-19(17-7-9-18(23)10-8-17)20(12-24)22(26)28-14-25/h2-10,15,19H,11,13-14H2,1H3. The van der Waals surface area contributed by atoms with Gasteiger partial charge in [0.25, 0.3) is 0 Å².